The molecule has 1 aromatic rings. The molecule has 1 heterocycles. The lowest BCUT2D eigenvalue weighted by Gasteiger charge is -2.35. The third-order valence-electron chi connectivity index (χ3n) is 4.05. The molecule has 1 unspecified atom stereocenters. The van der Waals surface area contributed by atoms with E-state index < -0.39 is 29.8 Å². The van der Waals surface area contributed by atoms with Crippen LogP contribution in [0.25, 0.3) is 0 Å². The lowest BCUT2D eigenvalue weighted by Crippen LogP contribution is -2.58. The van der Waals surface area contributed by atoms with Crippen molar-refractivity contribution >= 4 is 11.8 Å². The molecule has 1 fully saturated rings. The number of amides is 2. The van der Waals surface area contributed by atoms with Gasteiger partial charge in [0, 0.05) is 24.8 Å². The van der Waals surface area contributed by atoms with Gasteiger partial charge in [-0.05, 0) is 25.0 Å². The number of primary amides is 1. The summed E-state index contributed by atoms with van der Waals surface area (Å²) in [5.74, 6) is -1.77. The molecule has 0 saturated carbocycles. The maximum absolute atomic E-state index is 13.7. The van der Waals surface area contributed by atoms with Gasteiger partial charge in [0.25, 0.3) is 5.91 Å². The summed E-state index contributed by atoms with van der Waals surface area (Å²) in [6, 6.07) is 3.83. The fourth-order valence-electron chi connectivity index (χ4n) is 2.86. The lowest BCUT2D eigenvalue weighted by atomic mass is 9.95. The second kappa shape index (κ2) is 6.41. The summed E-state index contributed by atoms with van der Waals surface area (Å²) < 4.78 is 18.8. The van der Waals surface area contributed by atoms with Gasteiger partial charge in [-0.2, -0.15) is 0 Å². The number of nitrogens with two attached hydrogens (primary N) is 1. The van der Waals surface area contributed by atoms with Gasteiger partial charge in [0.05, 0.1) is 13.2 Å². The van der Waals surface area contributed by atoms with Crippen LogP contribution < -0.4 is 5.73 Å². The first kappa shape index (κ1) is 16.4. The van der Waals surface area contributed by atoms with Crippen molar-refractivity contribution in [2.45, 2.75) is 25.0 Å². The zero-order valence-electron chi connectivity index (χ0n) is 12.3. The summed E-state index contributed by atoms with van der Waals surface area (Å²) in [6.07, 6.45) is 1.04. The molecule has 0 bridgehead atoms. The Balaban J connectivity index is 2.35. The quantitative estimate of drug-likeness (QED) is 0.824. The minimum atomic E-state index is -1.20. The highest BCUT2D eigenvalue weighted by atomic mass is 19.1. The third-order valence-corrected chi connectivity index (χ3v) is 4.05. The van der Waals surface area contributed by atoms with Crippen molar-refractivity contribution in [1.82, 2.24) is 4.90 Å². The maximum atomic E-state index is 13.7. The molecule has 1 saturated heterocycles. The number of rotatable bonds is 5. The standard InChI is InChI=1S/C15H19FN2O4/c1-22-9-15(14(17)21)5-2-6-18(15)13(20)10-3-4-11(8-19)12(16)7-10/h3-4,7,19H,2,5-6,8-9H2,1H3,(H2,17,21). The number of halogens is 1. The highest BCUT2D eigenvalue weighted by molar-refractivity contribution is 5.99. The number of likely N-dealkylation sites (tertiary alicyclic amines) is 1. The highest BCUT2D eigenvalue weighted by Crippen LogP contribution is 2.31. The Morgan fingerprint density at radius 3 is 2.77 bits per heavy atom. The molecule has 3 N–H and O–H groups in total. The van der Waals surface area contributed by atoms with E-state index in [1.807, 2.05) is 0 Å². The summed E-state index contributed by atoms with van der Waals surface area (Å²) in [4.78, 5) is 25.8. The van der Waals surface area contributed by atoms with Crippen molar-refractivity contribution < 1.29 is 23.8 Å². The van der Waals surface area contributed by atoms with Crippen LogP contribution in [0.2, 0.25) is 0 Å². The van der Waals surface area contributed by atoms with Gasteiger partial charge in [0.15, 0.2) is 0 Å². The van der Waals surface area contributed by atoms with Crippen molar-refractivity contribution in [3.8, 4) is 0 Å². The Bertz CT molecular complexity index is 593. The summed E-state index contributed by atoms with van der Waals surface area (Å²) >= 11 is 0. The zero-order valence-corrected chi connectivity index (χ0v) is 12.3. The Morgan fingerprint density at radius 1 is 1.50 bits per heavy atom. The highest BCUT2D eigenvalue weighted by Gasteiger charge is 2.48. The van der Waals surface area contributed by atoms with Gasteiger partial charge in [0.2, 0.25) is 5.91 Å². The molecule has 1 aliphatic rings. The Hall–Kier alpha value is -1.99. The van der Waals surface area contributed by atoms with Gasteiger partial charge >= 0.3 is 0 Å². The van der Waals surface area contributed by atoms with E-state index in [1.165, 1.54) is 24.1 Å². The van der Waals surface area contributed by atoms with Crippen molar-refractivity contribution in [2.75, 3.05) is 20.3 Å². The van der Waals surface area contributed by atoms with Crippen LogP contribution in [-0.2, 0) is 16.1 Å². The van der Waals surface area contributed by atoms with Crippen LogP contribution in [0.1, 0.15) is 28.8 Å². The predicted octanol–water partition coefficient (Wildman–Crippen LogP) is 0.425. The monoisotopic (exact) mass is 310 g/mol. The van der Waals surface area contributed by atoms with Crippen molar-refractivity contribution in [2.24, 2.45) is 5.73 Å². The molecule has 2 rings (SSSR count). The van der Waals surface area contributed by atoms with Gasteiger partial charge in [-0.3, -0.25) is 9.59 Å². The molecule has 1 aromatic carbocycles. The van der Waals surface area contributed by atoms with Gasteiger partial charge in [-0.25, -0.2) is 4.39 Å². The number of methoxy groups -OCH3 is 1. The van der Waals surface area contributed by atoms with E-state index in [0.29, 0.717) is 19.4 Å². The Kier molecular flexibility index (Phi) is 4.77. The summed E-state index contributed by atoms with van der Waals surface area (Å²) in [6.45, 7) is -0.0846. The van der Waals surface area contributed by atoms with E-state index in [1.54, 1.807) is 0 Å². The summed E-state index contributed by atoms with van der Waals surface area (Å²) in [5, 5.41) is 8.97. The molecule has 0 radical (unpaired) electrons. The number of hydrogen-bond acceptors (Lipinski definition) is 4. The average Bonchev–Trinajstić information content (AvgIpc) is 2.92. The predicted molar refractivity (Wildman–Crippen MR) is 76.4 cm³/mol. The molecule has 7 heteroatoms. The van der Waals surface area contributed by atoms with Gasteiger partial charge < -0.3 is 20.5 Å². The first-order chi connectivity index (χ1) is 10.5. The second-order valence-corrected chi connectivity index (χ2v) is 5.35. The number of benzene rings is 1. The van der Waals surface area contributed by atoms with Crippen LogP contribution in [-0.4, -0.2) is 47.6 Å². The number of aliphatic hydroxyl groups is 1. The molecule has 1 atom stereocenters. The third kappa shape index (κ3) is 2.69. The lowest BCUT2D eigenvalue weighted by molar-refractivity contribution is -0.130. The van der Waals surface area contributed by atoms with Crippen molar-refractivity contribution in [3.63, 3.8) is 0 Å². The Labute approximate surface area is 127 Å². The fourth-order valence-corrected chi connectivity index (χ4v) is 2.86. The van der Waals surface area contributed by atoms with Crippen LogP contribution in [0.5, 0.6) is 0 Å². The number of carbonyl (C=O) groups is 2. The van der Waals surface area contributed by atoms with Crippen LogP contribution in [0.3, 0.4) is 0 Å². The smallest absolute Gasteiger partial charge is 0.254 e. The Morgan fingerprint density at radius 2 is 2.23 bits per heavy atom. The van der Waals surface area contributed by atoms with E-state index >= 15 is 0 Å². The van der Waals surface area contributed by atoms with Crippen molar-refractivity contribution in [1.29, 1.82) is 0 Å². The minimum absolute atomic E-state index is 0.00524. The van der Waals surface area contributed by atoms with E-state index in [-0.39, 0.29) is 17.7 Å². The van der Waals surface area contributed by atoms with E-state index in [2.05, 4.69) is 0 Å². The number of nitrogens with zero attached hydrogens (tertiary/aromatic N) is 1. The largest absolute Gasteiger partial charge is 0.392 e. The van der Waals surface area contributed by atoms with Crippen molar-refractivity contribution in [3.05, 3.63) is 35.1 Å². The number of aliphatic hydroxyl groups excluding tert-OH is 1. The molecule has 120 valence electrons. The fraction of sp³-hybridized carbons (Fsp3) is 0.467. The molecule has 0 aliphatic carbocycles. The molecule has 0 aromatic heterocycles. The van der Waals surface area contributed by atoms with E-state index in [9.17, 15) is 14.0 Å². The van der Waals surface area contributed by atoms with E-state index in [0.717, 1.165) is 6.07 Å². The molecule has 22 heavy (non-hydrogen) atoms. The normalized spacial score (nSPS) is 21.1. The molecular formula is C15H19FN2O4. The average molecular weight is 310 g/mol. The topological polar surface area (TPSA) is 92.9 Å². The van der Waals surface area contributed by atoms with E-state index in [4.69, 9.17) is 15.6 Å². The maximum Gasteiger partial charge on any atom is 0.254 e. The van der Waals surface area contributed by atoms with Crippen LogP contribution >= 0.6 is 0 Å². The SMILES string of the molecule is COCC1(C(N)=O)CCCN1C(=O)c1ccc(CO)c(F)c1. The number of ether oxygens (including phenoxy) is 1. The molecule has 1 aliphatic heterocycles. The van der Waals surface area contributed by atoms with Gasteiger partial charge in [-0.15, -0.1) is 0 Å². The molecular weight excluding hydrogens is 291 g/mol. The van der Waals surface area contributed by atoms with Gasteiger partial charge in [-0.1, -0.05) is 6.07 Å². The number of carbonyl (C=O) groups excluding carboxylic acids is 2. The first-order valence-electron chi connectivity index (χ1n) is 6.96. The van der Waals surface area contributed by atoms with Crippen LogP contribution in [0, 0.1) is 5.82 Å². The first-order valence-corrected chi connectivity index (χ1v) is 6.96. The molecule has 6 nitrogen and oxygen atoms in total. The minimum Gasteiger partial charge on any atom is -0.392 e. The van der Waals surface area contributed by atoms with Crippen LogP contribution in [0.4, 0.5) is 4.39 Å². The van der Waals surface area contributed by atoms with Gasteiger partial charge in [0.1, 0.15) is 11.4 Å². The number of hydrogen-bond donors (Lipinski definition) is 2. The molecule has 2 amide bonds. The zero-order chi connectivity index (χ0) is 16.3. The molecule has 0 spiro atoms. The summed E-state index contributed by atoms with van der Waals surface area (Å²) in [7, 11) is 1.43. The second-order valence-electron chi connectivity index (χ2n) is 5.35. The van der Waals surface area contributed by atoms with Crippen LogP contribution in [0.15, 0.2) is 18.2 Å². The summed E-state index contributed by atoms with van der Waals surface area (Å²) in [5.41, 5.74) is 4.50.